The van der Waals surface area contributed by atoms with Crippen molar-refractivity contribution in [3.05, 3.63) is 78.8 Å². The van der Waals surface area contributed by atoms with Crippen LogP contribution in [0.3, 0.4) is 0 Å². The molecule has 3 aromatic heterocycles. The maximum Gasteiger partial charge on any atom is 0.257 e. The highest BCUT2D eigenvalue weighted by Crippen LogP contribution is 2.28. The van der Waals surface area contributed by atoms with Crippen molar-refractivity contribution in [3.63, 3.8) is 0 Å². The van der Waals surface area contributed by atoms with Crippen LogP contribution in [0.5, 0.6) is 0 Å². The molecule has 0 atom stereocenters. The van der Waals surface area contributed by atoms with E-state index in [4.69, 9.17) is 4.42 Å². The second kappa shape index (κ2) is 7.09. The summed E-state index contributed by atoms with van der Waals surface area (Å²) in [6.45, 7) is 2.73. The van der Waals surface area contributed by atoms with Gasteiger partial charge in [-0.2, -0.15) is 5.10 Å². The molecule has 0 saturated carbocycles. The lowest BCUT2D eigenvalue weighted by Crippen LogP contribution is -2.48. The Balaban J connectivity index is 1.37. The van der Waals surface area contributed by atoms with E-state index >= 15 is 0 Å². The third-order valence-corrected chi connectivity index (χ3v) is 5.35. The Kier molecular flexibility index (Phi) is 4.27. The molecule has 1 saturated heterocycles. The predicted octanol–water partition coefficient (Wildman–Crippen LogP) is 3.70. The fraction of sp³-hybridized carbons (Fsp3) is 0.182. The van der Waals surface area contributed by atoms with E-state index in [0.717, 1.165) is 35.4 Å². The van der Waals surface area contributed by atoms with Crippen molar-refractivity contribution in [2.75, 3.05) is 31.1 Å². The maximum atomic E-state index is 13.2. The lowest BCUT2D eigenvalue weighted by atomic mass is 10.1. The fourth-order valence-electron chi connectivity index (χ4n) is 3.75. The number of nitrogens with zero attached hydrogens (tertiary/aromatic N) is 4. The first-order chi connectivity index (χ1) is 14.2. The summed E-state index contributed by atoms with van der Waals surface area (Å²) in [5.74, 6) is -0.250. The van der Waals surface area contributed by atoms with Gasteiger partial charge in [-0.3, -0.25) is 4.79 Å². The van der Waals surface area contributed by atoms with Gasteiger partial charge in [0.15, 0.2) is 0 Å². The first-order valence-electron chi connectivity index (χ1n) is 9.49. The predicted molar refractivity (Wildman–Crippen MR) is 107 cm³/mol. The van der Waals surface area contributed by atoms with Crippen LogP contribution in [-0.4, -0.2) is 46.6 Å². The second-order valence-corrected chi connectivity index (χ2v) is 7.07. The molecule has 1 aliphatic heterocycles. The molecule has 146 valence electrons. The topological polar surface area (TPSA) is 54.0 Å². The monoisotopic (exact) mass is 390 g/mol. The van der Waals surface area contributed by atoms with Crippen LogP contribution in [0.25, 0.3) is 16.6 Å². The van der Waals surface area contributed by atoms with Gasteiger partial charge >= 0.3 is 0 Å². The minimum absolute atomic E-state index is 0.00291. The number of piperazine rings is 1. The van der Waals surface area contributed by atoms with Crippen molar-refractivity contribution >= 4 is 17.1 Å². The first kappa shape index (κ1) is 17.5. The maximum absolute atomic E-state index is 13.2. The van der Waals surface area contributed by atoms with Gasteiger partial charge in [0.2, 0.25) is 0 Å². The Labute approximate surface area is 166 Å². The number of halogens is 1. The van der Waals surface area contributed by atoms with Crippen LogP contribution in [0.15, 0.2) is 71.8 Å². The molecule has 1 aromatic carbocycles. The van der Waals surface area contributed by atoms with E-state index in [-0.39, 0.29) is 11.7 Å². The molecule has 0 bridgehead atoms. The Morgan fingerprint density at radius 1 is 1.00 bits per heavy atom. The highest BCUT2D eigenvalue weighted by atomic mass is 19.1. The van der Waals surface area contributed by atoms with E-state index in [0.29, 0.717) is 18.7 Å². The zero-order chi connectivity index (χ0) is 19.8. The summed E-state index contributed by atoms with van der Waals surface area (Å²) in [5, 5.41) is 4.46. The van der Waals surface area contributed by atoms with Crippen LogP contribution < -0.4 is 4.90 Å². The number of amides is 1. The fourth-order valence-corrected chi connectivity index (χ4v) is 3.75. The lowest BCUT2D eigenvalue weighted by Gasteiger charge is -2.35. The van der Waals surface area contributed by atoms with E-state index < -0.39 is 0 Å². The average molecular weight is 390 g/mol. The average Bonchev–Trinajstić information content (AvgIpc) is 3.44. The Morgan fingerprint density at radius 3 is 2.52 bits per heavy atom. The molecule has 0 N–H and O–H groups in total. The lowest BCUT2D eigenvalue weighted by molar-refractivity contribution is 0.0746. The van der Waals surface area contributed by atoms with Gasteiger partial charge < -0.3 is 14.2 Å². The standard InChI is InChI=1S/C22H19FN4O2/c23-19-3-1-16(2-4-19)17-5-7-27-20(13-17)21(14-24-27)25-8-10-26(11-9-25)22(28)18-6-12-29-15-18/h1-7,12-15H,8-11H2. The summed E-state index contributed by atoms with van der Waals surface area (Å²) >= 11 is 0. The molecule has 0 unspecified atom stereocenters. The number of benzene rings is 1. The molecule has 6 nitrogen and oxygen atoms in total. The first-order valence-corrected chi connectivity index (χ1v) is 9.49. The summed E-state index contributed by atoms with van der Waals surface area (Å²) in [4.78, 5) is 16.6. The summed E-state index contributed by atoms with van der Waals surface area (Å²) in [6.07, 6.45) is 6.77. The summed E-state index contributed by atoms with van der Waals surface area (Å²) < 4.78 is 20.1. The Hall–Kier alpha value is -3.61. The molecule has 1 fully saturated rings. The SMILES string of the molecule is O=C(c1ccoc1)N1CCN(c2cnn3ccc(-c4ccc(F)cc4)cc23)CC1. The number of furan rings is 1. The molecule has 5 rings (SSSR count). The summed E-state index contributed by atoms with van der Waals surface area (Å²) in [5.41, 5.74) is 4.56. The van der Waals surface area contributed by atoms with E-state index in [9.17, 15) is 9.18 Å². The highest BCUT2D eigenvalue weighted by Gasteiger charge is 2.24. The van der Waals surface area contributed by atoms with Gasteiger partial charge in [0, 0.05) is 32.4 Å². The number of fused-ring (bicyclic) bond motifs is 1. The van der Waals surface area contributed by atoms with Gasteiger partial charge in [-0.1, -0.05) is 12.1 Å². The van der Waals surface area contributed by atoms with Crippen molar-refractivity contribution in [3.8, 4) is 11.1 Å². The zero-order valence-electron chi connectivity index (χ0n) is 15.7. The minimum Gasteiger partial charge on any atom is -0.472 e. The number of hydrogen-bond acceptors (Lipinski definition) is 4. The normalized spacial score (nSPS) is 14.5. The van der Waals surface area contributed by atoms with Gasteiger partial charge in [-0.25, -0.2) is 8.91 Å². The molecule has 29 heavy (non-hydrogen) atoms. The van der Waals surface area contributed by atoms with Crippen LogP contribution in [-0.2, 0) is 0 Å². The third-order valence-electron chi connectivity index (χ3n) is 5.35. The van der Waals surface area contributed by atoms with E-state index in [2.05, 4.69) is 16.1 Å². The number of anilines is 1. The molecule has 4 heterocycles. The van der Waals surface area contributed by atoms with Gasteiger partial charge in [0.25, 0.3) is 5.91 Å². The molecule has 0 aliphatic carbocycles. The number of aromatic nitrogens is 2. The minimum atomic E-state index is -0.247. The summed E-state index contributed by atoms with van der Waals surface area (Å²) in [7, 11) is 0. The van der Waals surface area contributed by atoms with Gasteiger partial charge in [0.05, 0.1) is 29.2 Å². The van der Waals surface area contributed by atoms with Crippen LogP contribution in [0.4, 0.5) is 10.1 Å². The number of carbonyl (C=O) groups excluding carboxylic acids is 1. The Morgan fingerprint density at radius 2 is 1.79 bits per heavy atom. The second-order valence-electron chi connectivity index (χ2n) is 7.07. The van der Waals surface area contributed by atoms with Crippen LogP contribution in [0.2, 0.25) is 0 Å². The number of pyridine rings is 1. The number of carbonyl (C=O) groups is 1. The van der Waals surface area contributed by atoms with Gasteiger partial charge in [0.1, 0.15) is 12.1 Å². The zero-order valence-corrected chi connectivity index (χ0v) is 15.7. The van der Waals surface area contributed by atoms with Crippen LogP contribution >= 0.6 is 0 Å². The molecule has 1 amide bonds. The van der Waals surface area contributed by atoms with Crippen LogP contribution in [0.1, 0.15) is 10.4 Å². The smallest absolute Gasteiger partial charge is 0.257 e. The third kappa shape index (κ3) is 3.24. The van der Waals surface area contributed by atoms with Gasteiger partial charge in [-0.05, 0) is 41.5 Å². The quantitative estimate of drug-likeness (QED) is 0.535. The molecular formula is C22H19FN4O2. The largest absolute Gasteiger partial charge is 0.472 e. The van der Waals surface area contributed by atoms with Crippen molar-refractivity contribution < 1.29 is 13.6 Å². The molecular weight excluding hydrogens is 371 g/mol. The molecule has 7 heteroatoms. The molecule has 0 radical (unpaired) electrons. The van der Waals surface area contributed by atoms with E-state index in [1.54, 1.807) is 18.2 Å². The van der Waals surface area contributed by atoms with Crippen molar-refractivity contribution in [2.24, 2.45) is 0 Å². The van der Waals surface area contributed by atoms with Crippen LogP contribution in [0, 0.1) is 5.82 Å². The Bertz CT molecular complexity index is 1140. The van der Waals surface area contributed by atoms with Crippen molar-refractivity contribution in [2.45, 2.75) is 0 Å². The number of rotatable bonds is 3. The molecule has 1 aliphatic rings. The van der Waals surface area contributed by atoms with Gasteiger partial charge in [-0.15, -0.1) is 0 Å². The van der Waals surface area contributed by atoms with E-state index in [1.807, 2.05) is 27.9 Å². The van der Waals surface area contributed by atoms with Crippen molar-refractivity contribution in [1.29, 1.82) is 0 Å². The van der Waals surface area contributed by atoms with Crippen molar-refractivity contribution in [1.82, 2.24) is 14.5 Å². The number of hydrogen-bond donors (Lipinski definition) is 0. The molecule has 0 spiro atoms. The summed E-state index contributed by atoms with van der Waals surface area (Å²) in [6, 6.07) is 12.2. The highest BCUT2D eigenvalue weighted by molar-refractivity contribution is 5.94. The van der Waals surface area contributed by atoms with E-state index in [1.165, 1.54) is 24.7 Å². The molecule has 4 aromatic rings.